The Balaban J connectivity index is 2.24. The van der Waals surface area contributed by atoms with E-state index in [1.54, 1.807) is 24.8 Å². The number of aryl methyl sites for hydroxylation is 1. The van der Waals surface area contributed by atoms with Crippen LogP contribution in [0.3, 0.4) is 0 Å². The number of thiophene rings is 1. The van der Waals surface area contributed by atoms with Crippen molar-refractivity contribution in [2.45, 2.75) is 19.4 Å². The summed E-state index contributed by atoms with van der Waals surface area (Å²) >= 11 is 7.45. The quantitative estimate of drug-likeness (QED) is 0.829. The Hall–Kier alpha value is -0.910. The van der Waals surface area contributed by atoms with Crippen molar-refractivity contribution in [3.63, 3.8) is 0 Å². The molecule has 0 aliphatic rings. The van der Waals surface area contributed by atoms with Gasteiger partial charge in [0, 0.05) is 13.0 Å². The van der Waals surface area contributed by atoms with Crippen LogP contribution in [0.1, 0.15) is 12.0 Å². The zero-order chi connectivity index (χ0) is 13.0. The highest BCUT2D eigenvalue weighted by molar-refractivity contribution is 7.18. The molecule has 1 unspecified atom stereocenters. The first-order chi connectivity index (χ1) is 8.76. The van der Waals surface area contributed by atoms with Gasteiger partial charge in [-0.3, -0.25) is 0 Å². The minimum Gasteiger partial charge on any atom is -0.383 e. The van der Waals surface area contributed by atoms with E-state index in [0.717, 1.165) is 22.5 Å². The molecule has 2 aromatic rings. The van der Waals surface area contributed by atoms with E-state index in [9.17, 15) is 0 Å². The first-order valence-corrected chi connectivity index (χ1v) is 7.18. The van der Waals surface area contributed by atoms with Crippen LogP contribution in [0, 0.1) is 6.92 Å². The van der Waals surface area contributed by atoms with E-state index in [1.807, 2.05) is 0 Å². The second-order valence-corrected chi connectivity index (χ2v) is 5.35. The fourth-order valence-corrected chi connectivity index (χ4v) is 3.01. The normalized spacial score (nSPS) is 12.8. The van der Waals surface area contributed by atoms with Crippen molar-refractivity contribution >= 4 is 39.0 Å². The van der Waals surface area contributed by atoms with E-state index in [4.69, 9.17) is 16.3 Å². The molecule has 0 spiro atoms. The molecule has 0 aliphatic carbocycles. The number of ether oxygens (including phenoxy) is 1. The van der Waals surface area contributed by atoms with Crippen molar-refractivity contribution in [3.8, 4) is 0 Å². The first kappa shape index (κ1) is 13.5. The van der Waals surface area contributed by atoms with Gasteiger partial charge in [0.1, 0.15) is 12.1 Å². The fraction of sp³-hybridized carbons (Fsp3) is 0.500. The predicted molar refractivity (Wildman–Crippen MR) is 76.8 cm³/mol. The summed E-state index contributed by atoms with van der Waals surface area (Å²) in [6.45, 7) is 2.67. The van der Waals surface area contributed by atoms with E-state index in [0.29, 0.717) is 12.5 Å². The lowest BCUT2D eigenvalue weighted by Crippen LogP contribution is -2.26. The number of aromatic nitrogens is 2. The zero-order valence-corrected chi connectivity index (χ0v) is 12.0. The molecule has 0 saturated carbocycles. The Labute approximate surface area is 115 Å². The summed E-state index contributed by atoms with van der Waals surface area (Å²) in [6.07, 6.45) is 2.43. The van der Waals surface area contributed by atoms with Gasteiger partial charge in [-0.25, -0.2) is 9.97 Å². The van der Waals surface area contributed by atoms with Crippen LogP contribution in [-0.4, -0.2) is 35.6 Å². The zero-order valence-electron chi connectivity index (χ0n) is 10.4. The van der Waals surface area contributed by atoms with Crippen molar-refractivity contribution in [2.75, 3.05) is 24.9 Å². The van der Waals surface area contributed by atoms with Gasteiger partial charge in [0.2, 0.25) is 0 Å². The van der Waals surface area contributed by atoms with Crippen molar-refractivity contribution in [3.05, 3.63) is 17.3 Å². The van der Waals surface area contributed by atoms with E-state index >= 15 is 0 Å². The average Bonchev–Trinajstić information content (AvgIpc) is 2.73. The largest absolute Gasteiger partial charge is 0.383 e. The Kier molecular flexibility index (Phi) is 4.74. The minimum absolute atomic E-state index is 0.174. The Bertz CT molecular complexity index is 511. The molecule has 2 rings (SSSR count). The number of hydrogen-bond acceptors (Lipinski definition) is 5. The van der Waals surface area contributed by atoms with Gasteiger partial charge in [0.25, 0.3) is 0 Å². The summed E-state index contributed by atoms with van der Waals surface area (Å²) in [4.78, 5) is 8.62. The molecule has 0 aliphatic heterocycles. The topological polar surface area (TPSA) is 47.0 Å². The third kappa shape index (κ3) is 2.91. The molecule has 1 N–H and O–H groups in total. The van der Waals surface area contributed by atoms with Crippen LogP contribution in [0.25, 0.3) is 10.2 Å². The number of nitrogens with one attached hydrogen (secondary N) is 1. The molecule has 98 valence electrons. The monoisotopic (exact) mass is 285 g/mol. The van der Waals surface area contributed by atoms with Crippen molar-refractivity contribution < 1.29 is 4.74 Å². The summed E-state index contributed by atoms with van der Waals surface area (Å²) in [7, 11) is 1.69. The number of hydrogen-bond donors (Lipinski definition) is 1. The highest BCUT2D eigenvalue weighted by Gasteiger charge is 2.13. The maximum atomic E-state index is 5.79. The Morgan fingerprint density at radius 2 is 2.33 bits per heavy atom. The SMILES string of the molecule is COCC(CCCl)Nc1ncnc2c(C)csc12. The van der Waals surface area contributed by atoms with Gasteiger partial charge in [-0.05, 0) is 24.3 Å². The number of anilines is 1. The molecule has 0 amide bonds. The second-order valence-electron chi connectivity index (χ2n) is 4.09. The van der Waals surface area contributed by atoms with E-state index in [-0.39, 0.29) is 6.04 Å². The van der Waals surface area contributed by atoms with Crippen molar-refractivity contribution in [1.29, 1.82) is 0 Å². The first-order valence-electron chi connectivity index (χ1n) is 5.76. The number of alkyl halides is 1. The molecule has 0 aromatic carbocycles. The van der Waals surface area contributed by atoms with Crippen LogP contribution < -0.4 is 5.32 Å². The predicted octanol–water partition coefficient (Wildman–Crippen LogP) is 3.06. The summed E-state index contributed by atoms with van der Waals surface area (Å²) in [5.41, 5.74) is 2.20. The maximum absolute atomic E-state index is 5.79. The van der Waals surface area contributed by atoms with Gasteiger partial charge < -0.3 is 10.1 Å². The molecule has 0 radical (unpaired) electrons. The van der Waals surface area contributed by atoms with Gasteiger partial charge in [-0.1, -0.05) is 0 Å². The lowest BCUT2D eigenvalue weighted by molar-refractivity contribution is 0.184. The van der Waals surface area contributed by atoms with Crippen LogP contribution in [0.2, 0.25) is 0 Å². The molecule has 0 fully saturated rings. The van der Waals surface area contributed by atoms with Gasteiger partial charge in [-0.15, -0.1) is 22.9 Å². The third-order valence-electron chi connectivity index (χ3n) is 2.70. The molecule has 2 aromatic heterocycles. The maximum Gasteiger partial charge on any atom is 0.147 e. The van der Waals surface area contributed by atoms with E-state index in [1.165, 1.54) is 5.56 Å². The molecule has 6 heteroatoms. The number of halogens is 1. The molecule has 1 atom stereocenters. The number of methoxy groups -OCH3 is 1. The van der Waals surface area contributed by atoms with Gasteiger partial charge >= 0.3 is 0 Å². The van der Waals surface area contributed by atoms with Gasteiger partial charge in [0.05, 0.1) is 22.9 Å². The van der Waals surface area contributed by atoms with Crippen molar-refractivity contribution in [1.82, 2.24) is 9.97 Å². The minimum atomic E-state index is 0.174. The molecular weight excluding hydrogens is 270 g/mol. The third-order valence-corrected chi connectivity index (χ3v) is 4.01. The number of nitrogens with zero attached hydrogens (tertiary/aromatic N) is 2. The summed E-state index contributed by atoms with van der Waals surface area (Å²) < 4.78 is 6.27. The van der Waals surface area contributed by atoms with Crippen LogP contribution in [0.15, 0.2) is 11.7 Å². The number of rotatable bonds is 6. The summed E-state index contributed by atoms with van der Waals surface area (Å²) in [6, 6.07) is 0.174. The molecule has 0 bridgehead atoms. The van der Waals surface area contributed by atoms with Crippen LogP contribution in [0.4, 0.5) is 5.82 Å². The van der Waals surface area contributed by atoms with Crippen LogP contribution >= 0.6 is 22.9 Å². The molecule has 18 heavy (non-hydrogen) atoms. The standard InChI is InChI=1S/C12H16ClN3OS/c1-8-6-18-11-10(8)14-7-15-12(11)16-9(3-4-13)5-17-2/h6-7,9H,3-5H2,1-2H3,(H,14,15,16). The lowest BCUT2D eigenvalue weighted by Gasteiger charge is -2.17. The molecule has 0 saturated heterocycles. The second kappa shape index (κ2) is 6.31. The molecular formula is C12H16ClN3OS. The average molecular weight is 286 g/mol. The highest BCUT2D eigenvalue weighted by atomic mass is 35.5. The fourth-order valence-electron chi connectivity index (χ4n) is 1.80. The molecule has 2 heterocycles. The molecule has 4 nitrogen and oxygen atoms in total. The highest BCUT2D eigenvalue weighted by Crippen LogP contribution is 2.28. The van der Waals surface area contributed by atoms with E-state index in [2.05, 4.69) is 27.6 Å². The van der Waals surface area contributed by atoms with Crippen LogP contribution in [0.5, 0.6) is 0 Å². The number of fused-ring (bicyclic) bond motifs is 1. The Morgan fingerprint density at radius 3 is 3.06 bits per heavy atom. The van der Waals surface area contributed by atoms with Gasteiger partial charge in [-0.2, -0.15) is 0 Å². The summed E-state index contributed by atoms with van der Waals surface area (Å²) in [5, 5.41) is 5.48. The lowest BCUT2D eigenvalue weighted by atomic mass is 10.2. The Morgan fingerprint density at radius 1 is 1.50 bits per heavy atom. The summed E-state index contributed by atoms with van der Waals surface area (Å²) in [5.74, 6) is 1.46. The van der Waals surface area contributed by atoms with E-state index < -0.39 is 0 Å². The van der Waals surface area contributed by atoms with Gasteiger partial charge in [0.15, 0.2) is 0 Å². The van der Waals surface area contributed by atoms with Crippen molar-refractivity contribution in [2.24, 2.45) is 0 Å². The van der Waals surface area contributed by atoms with Crippen LogP contribution in [-0.2, 0) is 4.74 Å². The smallest absolute Gasteiger partial charge is 0.147 e.